The molecule has 124 valence electrons. The number of rotatable bonds is 9. The molecule has 2 N–H and O–H groups in total. The third-order valence-electron chi connectivity index (χ3n) is 3.80. The van der Waals surface area contributed by atoms with Crippen molar-refractivity contribution in [3.8, 4) is 11.5 Å². The zero-order valence-corrected chi connectivity index (χ0v) is 13.8. The molecule has 1 unspecified atom stereocenters. The van der Waals surface area contributed by atoms with Gasteiger partial charge in [0.1, 0.15) is 6.61 Å². The van der Waals surface area contributed by atoms with Crippen LogP contribution in [0.2, 0.25) is 0 Å². The number of hydrogen-bond donors (Lipinski definition) is 2. The summed E-state index contributed by atoms with van der Waals surface area (Å²) in [6, 6.07) is 16.0. The summed E-state index contributed by atoms with van der Waals surface area (Å²) in [6.07, 6.45) is 0.876. The van der Waals surface area contributed by atoms with Gasteiger partial charge in [-0.15, -0.1) is 0 Å². The summed E-state index contributed by atoms with van der Waals surface area (Å²) < 4.78 is 11.4. The van der Waals surface area contributed by atoms with Crippen molar-refractivity contribution in [3.05, 3.63) is 59.7 Å². The molecule has 0 fully saturated rings. The van der Waals surface area contributed by atoms with Crippen molar-refractivity contribution < 1.29 is 14.6 Å². The third kappa shape index (κ3) is 4.98. The molecular formula is C19H25NO3. The summed E-state index contributed by atoms with van der Waals surface area (Å²) in [7, 11) is 1.64. The standard InChI is InChI=1S/C19H25NO3/c1-3-17(13-21)20-12-16-10-7-11-18(22-2)19(16)23-14-15-8-5-4-6-9-15/h4-11,17,20-21H,3,12-14H2,1-2H3. The summed E-state index contributed by atoms with van der Waals surface area (Å²) >= 11 is 0. The Morgan fingerprint density at radius 1 is 1.09 bits per heavy atom. The van der Waals surface area contributed by atoms with Crippen molar-refractivity contribution in [2.24, 2.45) is 0 Å². The van der Waals surface area contributed by atoms with Crippen LogP contribution in [-0.4, -0.2) is 24.9 Å². The monoisotopic (exact) mass is 315 g/mol. The summed E-state index contributed by atoms with van der Waals surface area (Å²) in [6.45, 7) is 3.29. The van der Waals surface area contributed by atoms with Crippen LogP contribution in [0.5, 0.6) is 11.5 Å². The summed E-state index contributed by atoms with van der Waals surface area (Å²) in [5.41, 5.74) is 2.13. The van der Waals surface area contributed by atoms with E-state index < -0.39 is 0 Å². The van der Waals surface area contributed by atoms with Crippen LogP contribution in [0, 0.1) is 0 Å². The van der Waals surface area contributed by atoms with Gasteiger partial charge in [-0.3, -0.25) is 0 Å². The summed E-state index contributed by atoms with van der Waals surface area (Å²) in [4.78, 5) is 0. The molecule has 0 amide bonds. The lowest BCUT2D eigenvalue weighted by Crippen LogP contribution is -2.31. The van der Waals surface area contributed by atoms with Crippen LogP contribution in [0.15, 0.2) is 48.5 Å². The first-order chi connectivity index (χ1) is 11.3. The van der Waals surface area contributed by atoms with E-state index in [9.17, 15) is 5.11 Å². The van der Waals surface area contributed by atoms with Gasteiger partial charge in [-0.25, -0.2) is 0 Å². The van der Waals surface area contributed by atoms with Crippen molar-refractivity contribution in [2.45, 2.75) is 32.5 Å². The highest BCUT2D eigenvalue weighted by Crippen LogP contribution is 2.31. The van der Waals surface area contributed by atoms with E-state index in [4.69, 9.17) is 9.47 Å². The largest absolute Gasteiger partial charge is 0.493 e. The molecule has 2 aromatic carbocycles. The average Bonchev–Trinajstić information content (AvgIpc) is 2.62. The minimum atomic E-state index is 0.0863. The molecule has 0 spiro atoms. The lowest BCUT2D eigenvalue weighted by atomic mass is 10.1. The molecule has 0 saturated carbocycles. The molecule has 0 bridgehead atoms. The SMILES string of the molecule is CCC(CO)NCc1cccc(OC)c1OCc1ccccc1. The van der Waals surface area contributed by atoms with Crippen LogP contribution in [-0.2, 0) is 13.2 Å². The minimum absolute atomic E-state index is 0.0863. The molecule has 0 aliphatic carbocycles. The maximum atomic E-state index is 9.31. The highest BCUT2D eigenvalue weighted by molar-refractivity contribution is 5.46. The topological polar surface area (TPSA) is 50.7 Å². The first-order valence-corrected chi connectivity index (χ1v) is 7.95. The quantitative estimate of drug-likeness (QED) is 0.746. The molecule has 2 aromatic rings. The van der Waals surface area contributed by atoms with Crippen molar-refractivity contribution in [1.82, 2.24) is 5.32 Å². The van der Waals surface area contributed by atoms with Gasteiger partial charge in [0.25, 0.3) is 0 Å². The van der Waals surface area contributed by atoms with Crippen molar-refractivity contribution in [2.75, 3.05) is 13.7 Å². The fraction of sp³-hybridized carbons (Fsp3) is 0.368. The van der Waals surface area contributed by atoms with Gasteiger partial charge in [0.15, 0.2) is 11.5 Å². The number of aliphatic hydroxyl groups excluding tert-OH is 1. The lowest BCUT2D eigenvalue weighted by Gasteiger charge is -2.18. The number of para-hydroxylation sites is 1. The van der Waals surface area contributed by atoms with Gasteiger partial charge in [0, 0.05) is 18.2 Å². The lowest BCUT2D eigenvalue weighted by molar-refractivity contribution is 0.236. The van der Waals surface area contributed by atoms with Gasteiger partial charge in [0.05, 0.1) is 13.7 Å². The second-order valence-corrected chi connectivity index (χ2v) is 5.39. The molecule has 0 radical (unpaired) electrons. The van der Waals surface area contributed by atoms with Gasteiger partial charge in [-0.05, 0) is 18.1 Å². The van der Waals surface area contributed by atoms with Crippen molar-refractivity contribution in [3.63, 3.8) is 0 Å². The third-order valence-corrected chi connectivity index (χ3v) is 3.80. The average molecular weight is 315 g/mol. The zero-order valence-electron chi connectivity index (χ0n) is 13.8. The predicted molar refractivity (Wildman–Crippen MR) is 91.8 cm³/mol. The molecule has 4 nitrogen and oxygen atoms in total. The first kappa shape index (κ1) is 17.3. The molecule has 0 aliphatic rings. The van der Waals surface area contributed by atoms with E-state index in [2.05, 4.69) is 5.32 Å². The maximum absolute atomic E-state index is 9.31. The molecule has 0 aromatic heterocycles. The second kappa shape index (κ2) is 9.18. The van der Waals surface area contributed by atoms with Gasteiger partial charge in [0.2, 0.25) is 0 Å². The number of benzene rings is 2. The Morgan fingerprint density at radius 3 is 2.52 bits per heavy atom. The second-order valence-electron chi connectivity index (χ2n) is 5.39. The van der Waals surface area contributed by atoms with Crippen LogP contribution in [0.25, 0.3) is 0 Å². The smallest absolute Gasteiger partial charge is 0.166 e. The van der Waals surface area contributed by atoms with Crippen LogP contribution < -0.4 is 14.8 Å². The molecule has 2 rings (SSSR count). The van der Waals surface area contributed by atoms with Gasteiger partial charge in [-0.1, -0.05) is 49.4 Å². The van der Waals surface area contributed by atoms with E-state index in [1.54, 1.807) is 7.11 Å². The van der Waals surface area contributed by atoms with Crippen LogP contribution in [0.4, 0.5) is 0 Å². The highest BCUT2D eigenvalue weighted by Gasteiger charge is 2.12. The molecule has 1 atom stereocenters. The summed E-state index contributed by atoms with van der Waals surface area (Å²) in [5, 5.41) is 12.6. The molecule has 0 heterocycles. The summed E-state index contributed by atoms with van der Waals surface area (Å²) in [5.74, 6) is 1.47. The van der Waals surface area contributed by atoms with E-state index in [1.807, 2.05) is 55.5 Å². The molecule has 23 heavy (non-hydrogen) atoms. The molecule has 4 heteroatoms. The normalized spacial score (nSPS) is 12.0. The number of hydrogen-bond acceptors (Lipinski definition) is 4. The maximum Gasteiger partial charge on any atom is 0.166 e. The predicted octanol–water partition coefficient (Wildman–Crippen LogP) is 3.13. The van der Waals surface area contributed by atoms with Gasteiger partial charge in [-0.2, -0.15) is 0 Å². The van der Waals surface area contributed by atoms with Crippen LogP contribution >= 0.6 is 0 Å². The Labute approximate surface area is 138 Å². The highest BCUT2D eigenvalue weighted by atomic mass is 16.5. The number of nitrogens with one attached hydrogen (secondary N) is 1. The van der Waals surface area contributed by atoms with E-state index in [0.29, 0.717) is 13.2 Å². The number of methoxy groups -OCH3 is 1. The van der Waals surface area contributed by atoms with Crippen molar-refractivity contribution >= 4 is 0 Å². The fourth-order valence-corrected chi connectivity index (χ4v) is 2.35. The van der Waals surface area contributed by atoms with E-state index in [-0.39, 0.29) is 12.6 Å². The Kier molecular flexibility index (Phi) is 6.91. The van der Waals surface area contributed by atoms with E-state index >= 15 is 0 Å². The Hall–Kier alpha value is -2.04. The molecule has 0 saturated heterocycles. The zero-order chi connectivity index (χ0) is 16.5. The Bertz CT molecular complexity index is 582. The van der Waals surface area contributed by atoms with E-state index in [0.717, 1.165) is 29.0 Å². The van der Waals surface area contributed by atoms with E-state index in [1.165, 1.54) is 0 Å². The number of aliphatic hydroxyl groups is 1. The Balaban J connectivity index is 2.11. The molecule has 0 aliphatic heterocycles. The van der Waals surface area contributed by atoms with Gasteiger partial charge < -0.3 is 19.9 Å². The minimum Gasteiger partial charge on any atom is -0.493 e. The first-order valence-electron chi connectivity index (χ1n) is 7.95. The Morgan fingerprint density at radius 2 is 1.87 bits per heavy atom. The van der Waals surface area contributed by atoms with Crippen LogP contribution in [0.3, 0.4) is 0 Å². The molecular weight excluding hydrogens is 290 g/mol. The number of ether oxygens (including phenoxy) is 2. The van der Waals surface area contributed by atoms with Crippen molar-refractivity contribution in [1.29, 1.82) is 0 Å². The van der Waals surface area contributed by atoms with Gasteiger partial charge >= 0.3 is 0 Å². The van der Waals surface area contributed by atoms with Crippen LogP contribution in [0.1, 0.15) is 24.5 Å². The fourth-order valence-electron chi connectivity index (χ4n) is 2.35.